The van der Waals surface area contributed by atoms with Crippen LogP contribution < -0.4 is 5.32 Å². The SMILES string of the molecule is CC/C=C\C/C=C\C/C=C\C/C=C\C/C=C\CCCCCC(=O)NC(COC1OC(CO)C(O)C(O)C1O)C(O)/C=C/CCCCCCCCCCCCCCCCCC. The number of allylic oxidation sites excluding steroid dienone is 11. The van der Waals surface area contributed by atoms with Crippen LogP contribution in [-0.4, -0.2) is 87.5 Å². The van der Waals surface area contributed by atoms with Gasteiger partial charge < -0.3 is 40.3 Å². The van der Waals surface area contributed by atoms with E-state index in [2.05, 4.69) is 79.9 Å². The molecular weight excluding hydrogens is 755 g/mol. The van der Waals surface area contributed by atoms with Crippen molar-refractivity contribution in [3.05, 3.63) is 72.9 Å². The molecule has 1 fully saturated rings. The van der Waals surface area contributed by atoms with E-state index in [0.717, 1.165) is 70.6 Å². The Morgan fingerprint density at radius 3 is 1.53 bits per heavy atom. The predicted octanol–water partition coefficient (Wildman–Crippen LogP) is 10.6. The summed E-state index contributed by atoms with van der Waals surface area (Å²) in [5.74, 6) is -0.211. The Labute approximate surface area is 366 Å². The van der Waals surface area contributed by atoms with Crippen molar-refractivity contribution in [3.63, 3.8) is 0 Å². The van der Waals surface area contributed by atoms with E-state index in [0.29, 0.717) is 12.8 Å². The highest BCUT2D eigenvalue weighted by Gasteiger charge is 2.44. The lowest BCUT2D eigenvalue weighted by Crippen LogP contribution is -2.60. The first-order valence-corrected chi connectivity index (χ1v) is 24.2. The van der Waals surface area contributed by atoms with Gasteiger partial charge in [-0.2, -0.15) is 0 Å². The number of unbranched alkanes of at least 4 members (excludes halogenated alkanes) is 19. The number of rotatable bonds is 39. The molecule has 0 aromatic heterocycles. The molecule has 1 aliphatic heterocycles. The third-order valence-corrected chi connectivity index (χ3v) is 11.0. The second-order valence-corrected chi connectivity index (χ2v) is 16.5. The molecule has 1 amide bonds. The van der Waals surface area contributed by atoms with Gasteiger partial charge in [0, 0.05) is 6.42 Å². The molecule has 0 saturated carbocycles. The van der Waals surface area contributed by atoms with Crippen LogP contribution in [-0.2, 0) is 14.3 Å². The Balaban J connectivity index is 2.38. The van der Waals surface area contributed by atoms with Crippen LogP contribution in [0.4, 0.5) is 0 Å². The fourth-order valence-electron chi connectivity index (χ4n) is 7.18. The number of nitrogens with one attached hydrogen (secondary N) is 1. The Morgan fingerprint density at radius 1 is 0.583 bits per heavy atom. The van der Waals surface area contributed by atoms with Crippen molar-refractivity contribution in [2.45, 2.75) is 230 Å². The molecule has 9 heteroatoms. The second kappa shape index (κ2) is 40.7. The zero-order valence-corrected chi connectivity index (χ0v) is 37.9. The van der Waals surface area contributed by atoms with E-state index >= 15 is 0 Å². The zero-order valence-electron chi connectivity index (χ0n) is 37.9. The summed E-state index contributed by atoms with van der Waals surface area (Å²) < 4.78 is 11.2. The van der Waals surface area contributed by atoms with Gasteiger partial charge in [-0.3, -0.25) is 4.79 Å². The normalized spacial score (nSPS) is 21.2. The summed E-state index contributed by atoms with van der Waals surface area (Å²) in [5, 5.41) is 54.3. The molecule has 7 unspecified atom stereocenters. The average molecular weight is 844 g/mol. The van der Waals surface area contributed by atoms with Crippen LogP contribution in [0.5, 0.6) is 0 Å². The van der Waals surface area contributed by atoms with E-state index in [1.165, 1.54) is 89.9 Å². The van der Waals surface area contributed by atoms with Gasteiger partial charge in [0.2, 0.25) is 5.91 Å². The highest BCUT2D eigenvalue weighted by Crippen LogP contribution is 2.22. The Kier molecular flexibility index (Phi) is 37.7. The molecule has 1 heterocycles. The molecule has 1 saturated heterocycles. The smallest absolute Gasteiger partial charge is 0.220 e. The first-order chi connectivity index (χ1) is 29.3. The van der Waals surface area contributed by atoms with Gasteiger partial charge in [-0.05, 0) is 64.2 Å². The Hall–Kier alpha value is -2.37. The van der Waals surface area contributed by atoms with Crippen molar-refractivity contribution in [1.82, 2.24) is 5.32 Å². The van der Waals surface area contributed by atoms with Gasteiger partial charge in [0.1, 0.15) is 24.4 Å². The molecule has 0 spiro atoms. The van der Waals surface area contributed by atoms with Crippen LogP contribution in [0.15, 0.2) is 72.9 Å². The molecule has 0 radical (unpaired) electrons. The highest BCUT2D eigenvalue weighted by molar-refractivity contribution is 5.76. The number of aliphatic hydroxyl groups is 5. The number of hydrogen-bond donors (Lipinski definition) is 6. The van der Waals surface area contributed by atoms with Crippen molar-refractivity contribution in [3.8, 4) is 0 Å². The monoisotopic (exact) mass is 844 g/mol. The number of ether oxygens (including phenoxy) is 2. The fourth-order valence-corrected chi connectivity index (χ4v) is 7.18. The van der Waals surface area contributed by atoms with E-state index in [1.54, 1.807) is 6.08 Å². The number of hydrogen-bond acceptors (Lipinski definition) is 8. The summed E-state index contributed by atoms with van der Waals surface area (Å²) in [6, 6.07) is -0.826. The summed E-state index contributed by atoms with van der Waals surface area (Å²) in [4.78, 5) is 13.0. The van der Waals surface area contributed by atoms with Crippen molar-refractivity contribution < 1.29 is 39.8 Å². The third-order valence-electron chi connectivity index (χ3n) is 11.0. The largest absolute Gasteiger partial charge is 0.394 e. The van der Waals surface area contributed by atoms with Gasteiger partial charge in [-0.15, -0.1) is 0 Å². The molecular formula is C51H89NO8. The summed E-state index contributed by atoms with van der Waals surface area (Å²) in [6.07, 6.45) is 48.0. The lowest BCUT2D eigenvalue weighted by molar-refractivity contribution is -0.302. The fraction of sp³-hybridized carbons (Fsp3) is 0.745. The van der Waals surface area contributed by atoms with Crippen LogP contribution in [0.3, 0.4) is 0 Å². The number of aliphatic hydroxyl groups excluding tert-OH is 5. The molecule has 60 heavy (non-hydrogen) atoms. The summed E-state index contributed by atoms with van der Waals surface area (Å²) in [7, 11) is 0. The maximum atomic E-state index is 13.0. The van der Waals surface area contributed by atoms with Gasteiger partial charge in [-0.25, -0.2) is 0 Å². The van der Waals surface area contributed by atoms with Crippen molar-refractivity contribution in [2.75, 3.05) is 13.2 Å². The molecule has 0 aliphatic carbocycles. The van der Waals surface area contributed by atoms with Gasteiger partial charge in [0.25, 0.3) is 0 Å². The average Bonchev–Trinajstić information content (AvgIpc) is 3.25. The van der Waals surface area contributed by atoms with Crippen molar-refractivity contribution in [2.24, 2.45) is 0 Å². The van der Waals surface area contributed by atoms with Crippen molar-refractivity contribution in [1.29, 1.82) is 0 Å². The van der Waals surface area contributed by atoms with Crippen LogP contribution in [0, 0.1) is 0 Å². The van der Waals surface area contributed by atoms with Gasteiger partial charge in [-0.1, -0.05) is 189 Å². The molecule has 0 aromatic rings. The molecule has 7 atom stereocenters. The Bertz CT molecular complexity index is 1160. The minimum absolute atomic E-state index is 0.205. The molecule has 6 N–H and O–H groups in total. The molecule has 1 rings (SSSR count). The number of carbonyl (C=O) groups is 1. The number of carbonyl (C=O) groups excluding carboxylic acids is 1. The number of amides is 1. The Morgan fingerprint density at radius 2 is 1.03 bits per heavy atom. The van der Waals surface area contributed by atoms with Crippen LogP contribution in [0.2, 0.25) is 0 Å². The second-order valence-electron chi connectivity index (χ2n) is 16.5. The van der Waals surface area contributed by atoms with Gasteiger partial charge in [0.15, 0.2) is 6.29 Å². The summed E-state index contributed by atoms with van der Waals surface area (Å²) in [6.45, 7) is 3.63. The zero-order chi connectivity index (χ0) is 43.7. The third kappa shape index (κ3) is 30.6. The summed E-state index contributed by atoms with van der Waals surface area (Å²) >= 11 is 0. The van der Waals surface area contributed by atoms with E-state index < -0.39 is 49.5 Å². The molecule has 9 nitrogen and oxygen atoms in total. The molecule has 0 bridgehead atoms. The quantitative estimate of drug-likeness (QED) is 0.0265. The van der Waals surface area contributed by atoms with Crippen molar-refractivity contribution >= 4 is 5.91 Å². The van der Waals surface area contributed by atoms with Gasteiger partial charge in [0.05, 0.1) is 25.4 Å². The molecule has 0 aromatic carbocycles. The molecule has 346 valence electrons. The summed E-state index contributed by atoms with van der Waals surface area (Å²) in [5.41, 5.74) is 0. The first kappa shape index (κ1) is 55.6. The van der Waals surface area contributed by atoms with E-state index in [4.69, 9.17) is 9.47 Å². The predicted molar refractivity (Wildman–Crippen MR) is 249 cm³/mol. The molecule has 1 aliphatic rings. The topological polar surface area (TPSA) is 149 Å². The van der Waals surface area contributed by atoms with E-state index in [1.807, 2.05) is 6.08 Å². The maximum Gasteiger partial charge on any atom is 0.220 e. The van der Waals surface area contributed by atoms with Crippen LogP contribution >= 0.6 is 0 Å². The minimum atomic E-state index is -1.58. The first-order valence-electron chi connectivity index (χ1n) is 24.2. The maximum absolute atomic E-state index is 13.0. The standard InChI is InChI=1S/C51H89NO8/c1-3-5-7-9-11-13-15-17-19-21-23-25-27-29-31-33-35-37-39-41-47(55)52-44(43-59-51-50(58)49(57)48(56)46(42-53)60-51)45(54)40-38-36-34-32-30-28-26-24-22-20-18-16-14-12-10-8-6-4-2/h5,7,11,13,17,19,23,25,29,31,38,40,44-46,48-51,53-54,56-58H,3-4,6,8-10,12,14-16,18,20-22,24,26-28,30,32-37,39,41-43H2,1-2H3,(H,52,55)/b7-5-,13-11-,19-17-,25-23-,31-29-,40-38+. The lowest BCUT2D eigenvalue weighted by atomic mass is 9.99. The van der Waals surface area contributed by atoms with Crippen LogP contribution in [0.25, 0.3) is 0 Å². The minimum Gasteiger partial charge on any atom is -0.394 e. The highest BCUT2D eigenvalue weighted by atomic mass is 16.7. The van der Waals surface area contributed by atoms with Crippen LogP contribution in [0.1, 0.15) is 187 Å². The van der Waals surface area contributed by atoms with Gasteiger partial charge >= 0.3 is 0 Å². The van der Waals surface area contributed by atoms with E-state index in [-0.39, 0.29) is 12.5 Å². The van der Waals surface area contributed by atoms with E-state index in [9.17, 15) is 30.3 Å². The lowest BCUT2D eigenvalue weighted by Gasteiger charge is -2.40.